The summed E-state index contributed by atoms with van der Waals surface area (Å²) in [7, 11) is 0. The molecule has 3 heteroatoms. The van der Waals surface area contributed by atoms with Crippen molar-refractivity contribution in [2.45, 2.75) is 38.7 Å². The summed E-state index contributed by atoms with van der Waals surface area (Å²) in [6, 6.07) is 16.0. The fourth-order valence-corrected chi connectivity index (χ4v) is 2.54. The molecule has 2 aromatic rings. The molecule has 2 aromatic carbocycles. The zero-order valence-corrected chi connectivity index (χ0v) is 15.2. The van der Waals surface area contributed by atoms with E-state index in [9.17, 15) is 5.11 Å². The fraction of sp³-hybridized carbons (Fsp3) is 0.364. The van der Waals surface area contributed by atoms with Crippen molar-refractivity contribution in [1.29, 1.82) is 0 Å². The maximum atomic E-state index is 9.58. The third-order valence-electron chi connectivity index (χ3n) is 4.39. The number of rotatable bonds is 8. The van der Waals surface area contributed by atoms with Gasteiger partial charge in [0.05, 0.1) is 6.10 Å². The summed E-state index contributed by atoms with van der Waals surface area (Å²) in [5, 5.41) is 9.58. The van der Waals surface area contributed by atoms with Crippen LogP contribution in [0.2, 0.25) is 0 Å². The van der Waals surface area contributed by atoms with Gasteiger partial charge < -0.3 is 14.6 Å². The molecule has 1 unspecified atom stereocenters. The first-order valence-electron chi connectivity index (χ1n) is 8.55. The molecule has 0 aliphatic heterocycles. The highest BCUT2D eigenvalue weighted by atomic mass is 16.5. The minimum Gasteiger partial charge on any atom is -0.491 e. The Balaban J connectivity index is 2.09. The van der Waals surface area contributed by atoms with Gasteiger partial charge in [-0.25, -0.2) is 0 Å². The van der Waals surface area contributed by atoms with Crippen molar-refractivity contribution in [2.75, 3.05) is 13.2 Å². The van der Waals surface area contributed by atoms with E-state index in [4.69, 9.17) is 15.9 Å². The molecule has 132 valence electrons. The van der Waals surface area contributed by atoms with E-state index in [0.29, 0.717) is 13.0 Å². The maximum Gasteiger partial charge on any atom is 0.148 e. The molecule has 2 rings (SSSR count). The molecule has 1 atom stereocenters. The lowest BCUT2D eigenvalue weighted by atomic mass is 9.78. The molecule has 0 fully saturated rings. The third-order valence-corrected chi connectivity index (χ3v) is 4.39. The zero-order chi connectivity index (χ0) is 18.3. The highest BCUT2D eigenvalue weighted by Gasteiger charge is 2.23. The number of benzene rings is 2. The number of hydrogen-bond donors (Lipinski definition) is 1. The first-order chi connectivity index (χ1) is 12.0. The SMILES string of the molecule is C#CCOc1ccc(C(C)(C)c2ccc(OCC(O)CC)cc2)cc1. The smallest absolute Gasteiger partial charge is 0.148 e. The second-order valence-electron chi connectivity index (χ2n) is 6.54. The number of aliphatic hydroxyl groups is 1. The van der Waals surface area contributed by atoms with Crippen molar-refractivity contribution < 1.29 is 14.6 Å². The molecule has 3 nitrogen and oxygen atoms in total. The van der Waals surface area contributed by atoms with Crippen LogP contribution in [0.25, 0.3) is 0 Å². The normalized spacial score (nSPS) is 12.3. The van der Waals surface area contributed by atoms with Crippen LogP contribution in [0, 0.1) is 12.3 Å². The van der Waals surface area contributed by atoms with Crippen molar-refractivity contribution in [1.82, 2.24) is 0 Å². The van der Waals surface area contributed by atoms with Crippen molar-refractivity contribution >= 4 is 0 Å². The van der Waals surface area contributed by atoms with E-state index < -0.39 is 6.10 Å². The van der Waals surface area contributed by atoms with E-state index in [1.807, 2.05) is 31.2 Å². The molecular formula is C22H26O3. The van der Waals surface area contributed by atoms with Crippen LogP contribution in [-0.2, 0) is 5.41 Å². The van der Waals surface area contributed by atoms with Gasteiger partial charge in [0.25, 0.3) is 0 Å². The van der Waals surface area contributed by atoms with Crippen LogP contribution < -0.4 is 9.47 Å². The van der Waals surface area contributed by atoms with E-state index in [1.165, 1.54) is 11.1 Å². The second kappa shape index (κ2) is 8.60. The minimum atomic E-state index is -0.425. The molecule has 0 aliphatic rings. The van der Waals surface area contributed by atoms with E-state index in [-0.39, 0.29) is 12.0 Å². The van der Waals surface area contributed by atoms with Crippen molar-refractivity contribution in [3.63, 3.8) is 0 Å². The summed E-state index contributed by atoms with van der Waals surface area (Å²) in [5.74, 6) is 4.01. The van der Waals surface area contributed by atoms with Crippen molar-refractivity contribution in [2.24, 2.45) is 0 Å². The van der Waals surface area contributed by atoms with Gasteiger partial charge in [0.1, 0.15) is 24.7 Å². The average molecular weight is 338 g/mol. The minimum absolute atomic E-state index is 0.147. The summed E-state index contributed by atoms with van der Waals surface area (Å²) < 4.78 is 11.0. The Morgan fingerprint density at radius 1 is 0.960 bits per heavy atom. The summed E-state index contributed by atoms with van der Waals surface area (Å²) in [6.45, 7) is 6.89. The third kappa shape index (κ3) is 5.01. The second-order valence-corrected chi connectivity index (χ2v) is 6.54. The van der Waals surface area contributed by atoms with Crippen LogP contribution in [0.4, 0.5) is 0 Å². The Labute approximate surface area is 150 Å². The monoisotopic (exact) mass is 338 g/mol. The van der Waals surface area contributed by atoms with Gasteiger partial charge in [0, 0.05) is 5.41 Å². The van der Waals surface area contributed by atoms with Gasteiger partial charge in [0.2, 0.25) is 0 Å². The lowest BCUT2D eigenvalue weighted by molar-refractivity contribution is 0.104. The summed E-state index contributed by atoms with van der Waals surface area (Å²) in [5.41, 5.74) is 2.23. The van der Waals surface area contributed by atoms with E-state index in [2.05, 4.69) is 44.0 Å². The Hall–Kier alpha value is -2.44. The summed E-state index contributed by atoms with van der Waals surface area (Å²) in [4.78, 5) is 0. The van der Waals surface area contributed by atoms with Crippen LogP contribution in [0.5, 0.6) is 11.5 Å². The van der Waals surface area contributed by atoms with Gasteiger partial charge in [-0.2, -0.15) is 0 Å². The standard InChI is InChI=1S/C22H26O3/c1-5-15-24-20-11-7-17(8-12-20)22(3,4)18-9-13-21(14-10-18)25-16-19(23)6-2/h1,7-14,19,23H,6,15-16H2,2-4H3. The number of aliphatic hydroxyl groups excluding tert-OH is 1. The van der Waals surface area contributed by atoms with Gasteiger partial charge in [-0.1, -0.05) is 51.0 Å². The van der Waals surface area contributed by atoms with Crippen LogP contribution >= 0.6 is 0 Å². The van der Waals surface area contributed by atoms with Crippen LogP contribution in [-0.4, -0.2) is 24.4 Å². The number of hydrogen-bond acceptors (Lipinski definition) is 3. The first kappa shape index (κ1) is 18.9. The van der Waals surface area contributed by atoms with E-state index >= 15 is 0 Å². The summed E-state index contributed by atoms with van der Waals surface area (Å²) >= 11 is 0. The fourth-order valence-electron chi connectivity index (χ4n) is 2.54. The molecule has 0 spiro atoms. The highest BCUT2D eigenvalue weighted by molar-refractivity contribution is 5.41. The molecule has 25 heavy (non-hydrogen) atoms. The molecule has 0 amide bonds. The van der Waals surface area contributed by atoms with Gasteiger partial charge in [-0.15, -0.1) is 6.42 Å². The molecule has 1 N–H and O–H groups in total. The van der Waals surface area contributed by atoms with Gasteiger partial charge in [-0.3, -0.25) is 0 Å². The number of ether oxygens (including phenoxy) is 2. The highest BCUT2D eigenvalue weighted by Crippen LogP contribution is 2.33. The Morgan fingerprint density at radius 3 is 1.88 bits per heavy atom. The molecular weight excluding hydrogens is 312 g/mol. The predicted octanol–water partition coefficient (Wildman–Crippen LogP) is 4.17. The molecule has 0 saturated carbocycles. The Kier molecular flexibility index (Phi) is 6.50. The Bertz CT molecular complexity index is 694. The Morgan fingerprint density at radius 2 is 1.44 bits per heavy atom. The largest absolute Gasteiger partial charge is 0.491 e. The zero-order valence-electron chi connectivity index (χ0n) is 15.2. The quantitative estimate of drug-likeness (QED) is 0.734. The van der Waals surface area contributed by atoms with Crippen molar-refractivity contribution in [3.8, 4) is 23.8 Å². The van der Waals surface area contributed by atoms with Crippen LogP contribution in [0.1, 0.15) is 38.3 Å². The lowest BCUT2D eigenvalue weighted by Gasteiger charge is -2.26. The molecule has 0 aliphatic carbocycles. The topological polar surface area (TPSA) is 38.7 Å². The number of terminal acetylenes is 1. The van der Waals surface area contributed by atoms with Crippen LogP contribution in [0.15, 0.2) is 48.5 Å². The van der Waals surface area contributed by atoms with Gasteiger partial charge in [0.15, 0.2) is 0 Å². The van der Waals surface area contributed by atoms with E-state index in [1.54, 1.807) is 0 Å². The van der Waals surface area contributed by atoms with Crippen molar-refractivity contribution in [3.05, 3.63) is 59.7 Å². The van der Waals surface area contributed by atoms with E-state index in [0.717, 1.165) is 11.5 Å². The molecule has 0 aromatic heterocycles. The molecule has 0 heterocycles. The van der Waals surface area contributed by atoms with Gasteiger partial charge in [-0.05, 0) is 41.8 Å². The maximum absolute atomic E-state index is 9.58. The van der Waals surface area contributed by atoms with Crippen LogP contribution in [0.3, 0.4) is 0 Å². The molecule has 0 radical (unpaired) electrons. The predicted molar refractivity (Wildman–Crippen MR) is 101 cm³/mol. The first-order valence-corrected chi connectivity index (χ1v) is 8.55. The average Bonchev–Trinajstić information content (AvgIpc) is 2.65. The molecule has 0 bridgehead atoms. The molecule has 0 saturated heterocycles. The summed E-state index contributed by atoms with van der Waals surface area (Å²) in [6.07, 6.45) is 5.47. The lowest BCUT2D eigenvalue weighted by Crippen LogP contribution is -2.19. The van der Waals surface area contributed by atoms with Gasteiger partial charge >= 0.3 is 0 Å².